The summed E-state index contributed by atoms with van der Waals surface area (Å²) in [4.78, 5) is 5.58. The monoisotopic (exact) mass is 250 g/mol. The van der Waals surface area contributed by atoms with Crippen LogP contribution in [0.3, 0.4) is 0 Å². The molecule has 4 nitrogen and oxygen atoms in total. The molecular formula is C14H26N4. The molecule has 0 radical (unpaired) electrons. The highest BCUT2D eigenvalue weighted by molar-refractivity contribution is 4.84. The van der Waals surface area contributed by atoms with E-state index >= 15 is 0 Å². The molecule has 2 aliphatic rings. The first-order valence-electron chi connectivity index (χ1n) is 7.68. The molecule has 2 rings (SSSR count). The van der Waals surface area contributed by atoms with E-state index < -0.39 is 0 Å². The van der Waals surface area contributed by atoms with Gasteiger partial charge in [-0.05, 0) is 31.2 Å². The molecule has 18 heavy (non-hydrogen) atoms. The minimum atomic E-state index is 0.642. The van der Waals surface area contributed by atoms with Gasteiger partial charge in [0, 0.05) is 30.1 Å². The Morgan fingerprint density at radius 1 is 0.889 bits per heavy atom. The fraction of sp³-hybridized carbons (Fsp3) is 1.00. The van der Waals surface area contributed by atoms with Gasteiger partial charge < -0.3 is 0 Å². The van der Waals surface area contributed by atoms with Crippen LogP contribution in [0.25, 0.3) is 10.4 Å². The highest BCUT2D eigenvalue weighted by Crippen LogP contribution is 2.29. The van der Waals surface area contributed by atoms with Crippen molar-refractivity contribution in [1.29, 1.82) is 0 Å². The molecule has 0 aromatic rings. The summed E-state index contributed by atoms with van der Waals surface area (Å²) in [6.45, 7) is 1.61. The Morgan fingerprint density at radius 3 is 1.83 bits per heavy atom. The molecule has 4 heteroatoms. The highest BCUT2D eigenvalue weighted by Gasteiger charge is 2.27. The maximum absolute atomic E-state index is 8.44. The van der Waals surface area contributed by atoms with Crippen LogP contribution < -0.4 is 0 Å². The molecule has 0 saturated heterocycles. The molecule has 0 amide bonds. The third kappa shape index (κ3) is 3.89. The van der Waals surface area contributed by atoms with Crippen molar-refractivity contribution in [2.75, 3.05) is 13.1 Å². The topological polar surface area (TPSA) is 52.0 Å². The predicted molar refractivity (Wildman–Crippen MR) is 74.5 cm³/mol. The Balaban J connectivity index is 1.93. The van der Waals surface area contributed by atoms with E-state index in [9.17, 15) is 0 Å². The second kappa shape index (κ2) is 7.65. The number of hydrogen-bond acceptors (Lipinski definition) is 2. The van der Waals surface area contributed by atoms with Gasteiger partial charge in [-0.25, -0.2) is 0 Å². The normalized spacial score (nSPS) is 22.9. The van der Waals surface area contributed by atoms with E-state index in [-0.39, 0.29) is 0 Å². The molecule has 2 saturated carbocycles. The van der Waals surface area contributed by atoms with Gasteiger partial charge in [0.1, 0.15) is 0 Å². The first-order chi connectivity index (χ1) is 8.92. The van der Waals surface area contributed by atoms with E-state index in [1.165, 1.54) is 64.2 Å². The summed E-state index contributed by atoms with van der Waals surface area (Å²) in [6.07, 6.45) is 13.8. The predicted octanol–water partition coefficient (Wildman–Crippen LogP) is 4.26. The van der Waals surface area contributed by atoms with Gasteiger partial charge in [-0.15, -0.1) is 0 Å². The number of nitrogens with zero attached hydrogens (tertiary/aromatic N) is 4. The van der Waals surface area contributed by atoms with E-state index in [2.05, 4.69) is 14.9 Å². The van der Waals surface area contributed by atoms with Crippen molar-refractivity contribution in [3.63, 3.8) is 0 Å². The summed E-state index contributed by atoms with van der Waals surface area (Å²) in [7, 11) is 0. The summed E-state index contributed by atoms with van der Waals surface area (Å²) < 4.78 is 0. The van der Waals surface area contributed by atoms with Gasteiger partial charge in [-0.1, -0.05) is 43.6 Å². The van der Waals surface area contributed by atoms with E-state index in [4.69, 9.17) is 5.53 Å². The van der Waals surface area contributed by atoms with Crippen molar-refractivity contribution in [3.05, 3.63) is 10.4 Å². The molecule has 0 atom stereocenters. The lowest BCUT2D eigenvalue weighted by molar-refractivity contribution is 0.0843. The number of hydrogen-bond donors (Lipinski definition) is 0. The largest absolute Gasteiger partial charge is 0.297 e. The summed E-state index contributed by atoms with van der Waals surface area (Å²) in [5.74, 6) is 0. The molecule has 0 bridgehead atoms. The van der Waals surface area contributed by atoms with Crippen LogP contribution in [0.2, 0.25) is 0 Å². The summed E-state index contributed by atoms with van der Waals surface area (Å²) in [6, 6.07) is 1.52. The Morgan fingerprint density at radius 2 is 1.39 bits per heavy atom. The van der Waals surface area contributed by atoms with Crippen LogP contribution in [0.1, 0.15) is 64.2 Å². The quantitative estimate of drug-likeness (QED) is 0.408. The molecule has 102 valence electrons. The van der Waals surface area contributed by atoms with Crippen molar-refractivity contribution in [2.45, 2.75) is 76.3 Å². The zero-order valence-electron chi connectivity index (χ0n) is 11.4. The average Bonchev–Trinajstić information content (AvgIpc) is 2.46. The van der Waals surface area contributed by atoms with Gasteiger partial charge in [-0.2, -0.15) is 0 Å². The molecule has 0 N–H and O–H groups in total. The first kappa shape index (κ1) is 13.7. The lowest BCUT2D eigenvalue weighted by atomic mass is 9.88. The maximum Gasteiger partial charge on any atom is 0.0386 e. The van der Waals surface area contributed by atoms with E-state index in [0.29, 0.717) is 6.54 Å². The first-order valence-corrected chi connectivity index (χ1v) is 7.68. The summed E-state index contributed by atoms with van der Waals surface area (Å²) >= 11 is 0. The van der Waals surface area contributed by atoms with Gasteiger partial charge in [0.2, 0.25) is 0 Å². The fourth-order valence-electron chi connectivity index (χ4n) is 3.69. The molecule has 0 aromatic carbocycles. The van der Waals surface area contributed by atoms with Gasteiger partial charge in [0.05, 0.1) is 0 Å². The van der Waals surface area contributed by atoms with Gasteiger partial charge in [-0.3, -0.25) is 4.90 Å². The Bertz CT molecular complexity index is 256. The van der Waals surface area contributed by atoms with Crippen LogP contribution in [0.4, 0.5) is 0 Å². The minimum absolute atomic E-state index is 0.642. The SMILES string of the molecule is [N-]=[N+]=NCCN(C1CCCCC1)C1CCCCC1. The molecule has 2 fully saturated rings. The second-order valence-corrected chi connectivity index (χ2v) is 5.78. The fourth-order valence-corrected chi connectivity index (χ4v) is 3.69. The van der Waals surface area contributed by atoms with Crippen molar-refractivity contribution >= 4 is 0 Å². The second-order valence-electron chi connectivity index (χ2n) is 5.78. The molecule has 0 spiro atoms. The lowest BCUT2D eigenvalue weighted by Crippen LogP contribution is -2.46. The average molecular weight is 250 g/mol. The van der Waals surface area contributed by atoms with Crippen LogP contribution >= 0.6 is 0 Å². The van der Waals surface area contributed by atoms with E-state index in [1.54, 1.807) is 0 Å². The highest BCUT2D eigenvalue weighted by atomic mass is 15.2. The van der Waals surface area contributed by atoms with Crippen LogP contribution in [-0.4, -0.2) is 30.1 Å². The van der Waals surface area contributed by atoms with Crippen LogP contribution in [0, 0.1) is 0 Å². The number of rotatable bonds is 5. The van der Waals surface area contributed by atoms with Crippen molar-refractivity contribution in [1.82, 2.24) is 4.90 Å². The standard InChI is InChI=1S/C14H26N4/c15-17-16-11-12-18(13-7-3-1-4-8-13)14-9-5-2-6-10-14/h13-14H,1-12H2. The molecule has 2 aliphatic carbocycles. The zero-order chi connectivity index (χ0) is 12.6. The van der Waals surface area contributed by atoms with Crippen molar-refractivity contribution < 1.29 is 0 Å². The van der Waals surface area contributed by atoms with Crippen molar-refractivity contribution in [3.8, 4) is 0 Å². The lowest BCUT2D eigenvalue weighted by Gasteiger charge is -2.41. The van der Waals surface area contributed by atoms with Gasteiger partial charge in [0.25, 0.3) is 0 Å². The third-order valence-electron chi connectivity index (χ3n) is 4.61. The van der Waals surface area contributed by atoms with Crippen LogP contribution in [-0.2, 0) is 0 Å². The Hall–Kier alpha value is -0.730. The number of azide groups is 1. The summed E-state index contributed by atoms with van der Waals surface area (Å²) in [5, 5.41) is 3.74. The molecule has 0 unspecified atom stereocenters. The molecule has 0 heterocycles. The molecule has 0 aliphatic heterocycles. The van der Waals surface area contributed by atoms with Crippen molar-refractivity contribution in [2.24, 2.45) is 5.11 Å². The third-order valence-corrected chi connectivity index (χ3v) is 4.61. The molecule has 0 aromatic heterocycles. The van der Waals surface area contributed by atoms with Gasteiger partial charge in [0.15, 0.2) is 0 Å². The molecular weight excluding hydrogens is 224 g/mol. The van der Waals surface area contributed by atoms with E-state index in [0.717, 1.165) is 18.6 Å². The van der Waals surface area contributed by atoms with Gasteiger partial charge >= 0.3 is 0 Å². The van der Waals surface area contributed by atoms with Crippen LogP contribution in [0.15, 0.2) is 5.11 Å². The van der Waals surface area contributed by atoms with Crippen LogP contribution in [0.5, 0.6) is 0 Å². The van der Waals surface area contributed by atoms with E-state index in [1.807, 2.05) is 0 Å². The Kier molecular flexibility index (Phi) is 5.82. The minimum Gasteiger partial charge on any atom is -0.297 e. The Labute approximate surface area is 110 Å². The smallest absolute Gasteiger partial charge is 0.0386 e. The zero-order valence-corrected chi connectivity index (χ0v) is 11.4. The summed E-state index contributed by atoms with van der Waals surface area (Å²) in [5.41, 5.74) is 8.44. The maximum atomic E-state index is 8.44.